The molecule has 4 rings (SSSR count). The number of hydrogen-bond donors (Lipinski definition) is 1. The Bertz CT molecular complexity index is 660. The quantitative estimate of drug-likeness (QED) is 0.560. The van der Waals surface area contributed by atoms with Crippen LogP contribution in [0.4, 0.5) is 0 Å². The molecule has 1 N–H and O–H groups in total. The van der Waals surface area contributed by atoms with Crippen LogP contribution in [0.25, 0.3) is 11.4 Å². The summed E-state index contributed by atoms with van der Waals surface area (Å²) in [5.74, 6) is 0. The van der Waals surface area contributed by atoms with Crippen LogP contribution < -0.4 is 14.5 Å². The Morgan fingerprint density at radius 3 is 1.68 bits per heavy atom. The number of fused-ring (bicyclic) bond motifs is 6. The summed E-state index contributed by atoms with van der Waals surface area (Å²) in [6.45, 7) is 8.83. The maximum Gasteiger partial charge on any atom is 0.304 e. The second-order valence-corrected chi connectivity index (χ2v) is 6.19. The smallest absolute Gasteiger partial charge is 0.179 e. The fourth-order valence-electron chi connectivity index (χ4n) is 3.42. The largest absolute Gasteiger partial charge is 0.304 e. The first kappa shape index (κ1) is 11.1. The van der Waals surface area contributed by atoms with E-state index in [0.717, 1.165) is 0 Å². The number of pyridine rings is 2. The van der Waals surface area contributed by atoms with Crippen LogP contribution in [0.15, 0.2) is 36.7 Å². The summed E-state index contributed by atoms with van der Waals surface area (Å²) in [6, 6.07) is 8.91. The predicted molar refractivity (Wildman–Crippen MR) is 72.2 cm³/mol. The molecule has 96 valence electrons. The lowest BCUT2D eigenvalue weighted by atomic mass is 10.0. The predicted octanol–water partition coefficient (Wildman–Crippen LogP) is 1.51. The van der Waals surface area contributed by atoms with E-state index in [1.165, 1.54) is 22.5 Å². The molecular formula is C16H19N3+2. The van der Waals surface area contributed by atoms with E-state index in [-0.39, 0.29) is 11.3 Å². The first-order chi connectivity index (χ1) is 8.96. The molecule has 2 aliphatic heterocycles. The second-order valence-electron chi connectivity index (χ2n) is 6.19. The Kier molecular flexibility index (Phi) is 1.78. The Balaban J connectivity index is 2.12. The van der Waals surface area contributed by atoms with Crippen LogP contribution in [0.2, 0.25) is 0 Å². The van der Waals surface area contributed by atoms with Gasteiger partial charge in [0.05, 0.1) is 0 Å². The van der Waals surface area contributed by atoms with Gasteiger partial charge in [-0.15, -0.1) is 0 Å². The van der Waals surface area contributed by atoms with Crippen molar-refractivity contribution in [2.45, 2.75) is 39.0 Å². The van der Waals surface area contributed by atoms with E-state index in [1.807, 2.05) is 0 Å². The summed E-state index contributed by atoms with van der Waals surface area (Å²) in [5, 5.41) is 3.66. The van der Waals surface area contributed by atoms with Crippen LogP contribution in [-0.4, -0.2) is 0 Å². The van der Waals surface area contributed by atoms with Gasteiger partial charge in [0.25, 0.3) is 11.4 Å². The van der Waals surface area contributed by atoms with Crippen LogP contribution in [0.1, 0.15) is 25.0 Å². The minimum atomic E-state index is -0.0248. The van der Waals surface area contributed by atoms with Crippen molar-refractivity contribution < 1.29 is 9.13 Å². The van der Waals surface area contributed by atoms with E-state index in [9.17, 15) is 0 Å². The zero-order chi connectivity index (χ0) is 13.4. The fourth-order valence-corrected chi connectivity index (χ4v) is 3.42. The molecule has 0 aromatic carbocycles. The van der Waals surface area contributed by atoms with Gasteiger partial charge < -0.3 is 0 Å². The third-order valence-electron chi connectivity index (χ3n) is 4.82. The molecule has 2 unspecified atom stereocenters. The molecule has 1 fully saturated rings. The van der Waals surface area contributed by atoms with E-state index >= 15 is 0 Å². The number of nitrogens with zero attached hydrogens (tertiary/aromatic N) is 2. The third-order valence-corrected chi connectivity index (χ3v) is 4.82. The molecule has 2 atom stereocenters. The molecule has 0 saturated carbocycles. The maximum atomic E-state index is 3.66. The average Bonchev–Trinajstić information content (AvgIpc) is 2.94. The van der Waals surface area contributed by atoms with Gasteiger partial charge >= 0.3 is 11.3 Å². The van der Waals surface area contributed by atoms with Gasteiger partial charge in [0, 0.05) is 38.1 Å². The highest BCUT2D eigenvalue weighted by Crippen LogP contribution is 2.43. The van der Waals surface area contributed by atoms with Gasteiger partial charge in [0.1, 0.15) is 0 Å². The van der Waals surface area contributed by atoms with Crippen molar-refractivity contribution in [2.75, 3.05) is 0 Å². The maximum absolute atomic E-state index is 3.66. The van der Waals surface area contributed by atoms with E-state index in [2.05, 4.69) is 78.8 Å². The van der Waals surface area contributed by atoms with Crippen molar-refractivity contribution in [2.24, 2.45) is 0 Å². The molecule has 0 spiro atoms. The van der Waals surface area contributed by atoms with Gasteiger partial charge in [-0.25, -0.2) is 0 Å². The van der Waals surface area contributed by atoms with Crippen molar-refractivity contribution in [3.05, 3.63) is 47.8 Å². The molecule has 4 heterocycles. The molecule has 19 heavy (non-hydrogen) atoms. The molecule has 0 bridgehead atoms. The molecule has 0 aliphatic carbocycles. The van der Waals surface area contributed by atoms with Crippen LogP contribution in [-0.2, 0) is 11.3 Å². The molecule has 0 amide bonds. The molecule has 1 saturated heterocycles. The van der Waals surface area contributed by atoms with Gasteiger partial charge in [-0.1, -0.05) is 0 Å². The van der Waals surface area contributed by atoms with Crippen LogP contribution >= 0.6 is 0 Å². The molecule has 2 aromatic rings. The average molecular weight is 253 g/mol. The van der Waals surface area contributed by atoms with Crippen molar-refractivity contribution in [1.82, 2.24) is 5.32 Å². The molecule has 2 aliphatic rings. The summed E-state index contributed by atoms with van der Waals surface area (Å²) in [6.07, 6.45) is 4.41. The van der Waals surface area contributed by atoms with Gasteiger partial charge in [-0.2, -0.15) is 14.5 Å². The summed E-state index contributed by atoms with van der Waals surface area (Å²) in [7, 11) is 0. The number of nitrogens with one attached hydrogen (secondary N) is 1. The number of aryl methyl sites for hydroxylation is 2. The van der Waals surface area contributed by atoms with Crippen molar-refractivity contribution in [3.8, 4) is 11.4 Å². The summed E-state index contributed by atoms with van der Waals surface area (Å²) in [5.41, 5.74) is 5.12. The SMILES string of the molecule is Cc1cc[n+]2c(c1)-c1cc(C)cc[n+]1C1(C)NC21C. The van der Waals surface area contributed by atoms with Gasteiger partial charge in [0.2, 0.25) is 0 Å². The Morgan fingerprint density at radius 2 is 1.26 bits per heavy atom. The number of hydrogen-bond acceptors (Lipinski definition) is 1. The summed E-state index contributed by atoms with van der Waals surface area (Å²) < 4.78 is 4.74. The van der Waals surface area contributed by atoms with Crippen LogP contribution in [0.3, 0.4) is 0 Å². The third kappa shape index (κ3) is 1.17. The summed E-state index contributed by atoms with van der Waals surface area (Å²) >= 11 is 0. The highest BCUT2D eigenvalue weighted by atomic mass is 15.6. The Hall–Kier alpha value is -1.74. The lowest BCUT2D eigenvalue weighted by molar-refractivity contribution is -0.828. The summed E-state index contributed by atoms with van der Waals surface area (Å²) in [4.78, 5) is 0. The first-order valence-corrected chi connectivity index (χ1v) is 6.81. The monoisotopic (exact) mass is 253 g/mol. The standard InChI is InChI=1S/C16H19N3/c1-11-5-7-18-13(9-11)14-10-12(2)6-8-19(14)16(4)15(18,3)17-16/h5-10,17H,1-4H3/q+2. The number of aromatic nitrogens is 2. The minimum absolute atomic E-state index is 0.0248. The molecule has 3 heteroatoms. The zero-order valence-electron chi connectivity index (χ0n) is 11.9. The Morgan fingerprint density at radius 1 is 0.842 bits per heavy atom. The molecule has 3 nitrogen and oxygen atoms in total. The zero-order valence-corrected chi connectivity index (χ0v) is 11.9. The van der Waals surface area contributed by atoms with E-state index in [4.69, 9.17) is 0 Å². The van der Waals surface area contributed by atoms with E-state index in [1.54, 1.807) is 0 Å². The van der Waals surface area contributed by atoms with Crippen LogP contribution in [0, 0.1) is 13.8 Å². The fraction of sp³-hybridized carbons (Fsp3) is 0.375. The molecule has 0 radical (unpaired) electrons. The minimum Gasteiger partial charge on any atom is -0.179 e. The van der Waals surface area contributed by atoms with Gasteiger partial charge in [0.15, 0.2) is 12.4 Å². The number of rotatable bonds is 0. The second kappa shape index (κ2) is 3.05. The highest BCUT2D eigenvalue weighted by Gasteiger charge is 2.81. The lowest BCUT2D eigenvalue weighted by Gasteiger charge is -2.17. The van der Waals surface area contributed by atoms with E-state index in [0.29, 0.717) is 0 Å². The van der Waals surface area contributed by atoms with Gasteiger partial charge in [-0.05, 0) is 25.0 Å². The topological polar surface area (TPSA) is 29.7 Å². The molecular weight excluding hydrogens is 234 g/mol. The van der Waals surface area contributed by atoms with Crippen molar-refractivity contribution in [1.29, 1.82) is 0 Å². The van der Waals surface area contributed by atoms with Crippen LogP contribution in [0.5, 0.6) is 0 Å². The van der Waals surface area contributed by atoms with Crippen molar-refractivity contribution >= 4 is 0 Å². The highest BCUT2D eigenvalue weighted by molar-refractivity contribution is 5.50. The molecule has 2 aromatic heterocycles. The van der Waals surface area contributed by atoms with Gasteiger partial charge in [-0.3, -0.25) is 0 Å². The van der Waals surface area contributed by atoms with E-state index < -0.39 is 0 Å². The first-order valence-electron chi connectivity index (χ1n) is 6.81. The van der Waals surface area contributed by atoms with Crippen molar-refractivity contribution in [3.63, 3.8) is 0 Å². The lowest BCUT2D eigenvalue weighted by Crippen LogP contribution is -2.64. The normalized spacial score (nSPS) is 30.3. The Labute approximate surface area is 113 Å².